The number of rotatable bonds is 5. The third kappa shape index (κ3) is 2.84. The van der Waals surface area contributed by atoms with E-state index in [0.29, 0.717) is 11.9 Å². The molecule has 6 nitrogen and oxygen atoms in total. The van der Waals surface area contributed by atoms with E-state index in [2.05, 4.69) is 20.4 Å². The van der Waals surface area contributed by atoms with Crippen LogP contribution in [0.25, 0.3) is 5.78 Å². The van der Waals surface area contributed by atoms with E-state index in [0.717, 1.165) is 24.7 Å². The first-order chi connectivity index (χ1) is 9.33. The molecule has 2 aromatic heterocycles. The van der Waals surface area contributed by atoms with Gasteiger partial charge in [-0.1, -0.05) is 12.8 Å². The average molecular weight is 261 g/mol. The van der Waals surface area contributed by atoms with Crippen molar-refractivity contribution >= 4 is 11.6 Å². The number of aryl methyl sites for hydroxylation is 1. The fourth-order valence-corrected chi connectivity index (χ4v) is 2.52. The lowest BCUT2D eigenvalue weighted by Gasteiger charge is -2.12. The van der Waals surface area contributed by atoms with Crippen molar-refractivity contribution in [3.05, 3.63) is 18.1 Å². The number of ether oxygens (including phenoxy) is 1. The van der Waals surface area contributed by atoms with E-state index < -0.39 is 0 Å². The normalized spacial score (nSPS) is 16.3. The van der Waals surface area contributed by atoms with Crippen LogP contribution in [-0.4, -0.2) is 38.8 Å². The van der Waals surface area contributed by atoms with E-state index in [1.54, 1.807) is 4.52 Å². The first-order valence-electron chi connectivity index (χ1n) is 6.86. The van der Waals surface area contributed by atoms with Crippen molar-refractivity contribution in [1.82, 2.24) is 19.6 Å². The molecule has 2 heterocycles. The van der Waals surface area contributed by atoms with Crippen molar-refractivity contribution in [1.29, 1.82) is 0 Å². The van der Waals surface area contributed by atoms with E-state index in [1.807, 2.05) is 13.0 Å². The second kappa shape index (κ2) is 5.52. The van der Waals surface area contributed by atoms with E-state index in [-0.39, 0.29) is 0 Å². The summed E-state index contributed by atoms with van der Waals surface area (Å²) in [7, 11) is 0. The highest BCUT2D eigenvalue weighted by molar-refractivity contribution is 5.44. The lowest BCUT2D eigenvalue weighted by Crippen LogP contribution is -2.17. The highest BCUT2D eigenvalue weighted by atomic mass is 16.5. The lowest BCUT2D eigenvalue weighted by atomic mass is 10.3. The van der Waals surface area contributed by atoms with Crippen LogP contribution in [-0.2, 0) is 4.74 Å². The smallest absolute Gasteiger partial charge is 0.254 e. The summed E-state index contributed by atoms with van der Waals surface area (Å²) in [5.74, 6) is 1.54. The molecule has 0 unspecified atom stereocenters. The van der Waals surface area contributed by atoms with Crippen molar-refractivity contribution in [2.75, 3.05) is 18.5 Å². The van der Waals surface area contributed by atoms with Crippen molar-refractivity contribution in [2.24, 2.45) is 0 Å². The first kappa shape index (κ1) is 12.3. The number of nitrogens with one attached hydrogen (secondary N) is 1. The molecule has 0 spiro atoms. The van der Waals surface area contributed by atoms with Gasteiger partial charge in [-0.25, -0.2) is 4.98 Å². The summed E-state index contributed by atoms with van der Waals surface area (Å²) in [5.41, 5.74) is 0.930. The maximum atomic E-state index is 5.83. The van der Waals surface area contributed by atoms with Crippen LogP contribution in [0.3, 0.4) is 0 Å². The van der Waals surface area contributed by atoms with Crippen molar-refractivity contribution < 1.29 is 4.74 Å². The Morgan fingerprint density at radius 3 is 3.11 bits per heavy atom. The summed E-state index contributed by atoms with van der Waals surface area (Å²) in [6.07, 6.45) is 7.01. The van der Waals surface area contributed by atoms with Gasteiger partial charge >= 0.3 is 0 Å². The zero-order chi connectivity index (χ0) is 13.1. The maximum Gasteiger partial charge on any atom is 0.254 e. The largest absolute Gasteiger partial charge is 0.376 e. The van der Waals surface area contributed by atoms with Gasteiger partial charge in [0.1, 0.15) is 12.1 Å². The number of hydrogen-bond donors (Lipinski definition) is 1. The minimum Gasteiger partial charge on any atom is -0.376 e. The average Bonchev–Trinajstić information content (AvgIpc) is 3.04. The predicted molar refractivity (Wildman–Crippen MR) is 72.2 cm³/mol. The first-order valence-corrected chi connectivity index (χ1v) is 6.86. The lowest BCUT2D eigenvalue weighted by molar-refractivity contribution is 0.0658. The molecule has 1 N–H and O–H groups in total. The predicted octanol–water partition coefficient (Wildman–Crippen LogP) is 1.80. The van der Waals surface area contributed by atoms with Crippen LogP contribution in [0, 0.1) is 6.92 Å². The standard InChI is InChI=1S/C13H19N5O/c1-10-8-12(18-13(17-10)15-9-16-18)14-6-7-19-11-4-2-3-5-11/h8-9,11,14H,2-7H2,1H3. The van der Waals surface area contributed by atoms with E-state index in [9.17, 15) is 0 Å². The van der Waals surface area contributed by atoms with Crippen LogP contribution in [0.4, 0.5) is 5.82 Å². The molecule has 6 heteroatoms. The fraction of sp³-hybridized carbons (Fsp3) is 0.615. The molecule has 1 aliphatic carbocycles. The topological polar surface area (TPSA) is 64.3 Å². The molecule has 19 heavy (non-hydrogen) atoms. The molecule has 0 aliphatic heterocycles. The van der Waals surface area contributed by atoms with Gasteiger partial charge in [-0.15, -0.1) is 0 Å². The highest BCUT2D eigenvalue weighted by Crippen LogP contribution is 2.20. The molecule has 3 rings (SSSR count). The Kier molecular flexibility index (Phi) is 3.59. The van der Waals surface area contributed by atoms with Crippen molar-refractivity contribution in [3.63, 3.8) is 0 Å². The molecule has 0 amide bonds. The number of anilines is 1. The number of hydrogen-bond acceptors (Lipinski definition) is 5. The third-order valence-electron chi connectivity index (χ3n) is 3.44. The van der Waals surface area contributed by atoms with Gasteiger partial charge in [0.25, 0.3) is 5.78 Å². The zero-order valence-corrected chi connectivity index (χ0v) is 11.2. The van der Waals surface area contributed by atoms with Gasteiger partial charge < -0.3 is 10.1 Å². The number of fused-ring (bicyclic) bond motifs is 1. The summed E-state index contributed by atoms with van der Waals surface area (Å²) < 4.78 is 7.54. The van der Waals surface area contributed by atoms with Crippen molar-refractivity contribution in [3.8, 4) is 0 Å². The second-order valence-corrected chi connectivity index (χ2v) is 4.96. The highest BCUT2D eigenvalue weighted by Gasteiger charge is 2.14. The van der Waals surface area contributed by atoms with Crippen LogP contribution in [0.2, 0.25) is 0 Å². The van der Waals surface area contributed by atoms with Crippen LogP contribution in [0.15, 0.2) is 12.4 Å². The van der Waals surface area contributed by atoms with Crippen LogP contribution in [0.1, 0.15) is 31.4 Å². The molecule has 1 aliphatic rings. The van der Waals surface area contributed by atoms with Gasteiger partial charge in [0.15, 0.2) is 0 Å². The monoisotopic (exact) mass is 261 g/mol. The Hall–Kier alpha value is -1.69. The molecule has 0 radical (unpaired) electrons. The van der Waals surface area contributed by atoms with Gasteiger partial charge in [-0.05, 0) is 19.8 Å². The molecule has 0 aromatic carbocycles. The Labute approximate surface area is 112 Å². The van der Waals surface area contributed by atoms with E-state index >= 15 is 0 Å². The summed E-state index contributed by atoms with van der Waals surface area (Å²) in [4.78, 5) is 8.41. The van der Waals surface area contributed by atoms with Gasteiger partial charge in [-0.2, -0.15) is 14.6 Å². The SMILES string of the molecule is Cc1cc(NCCOC2CCCC2)n2ncnc2n1. The second-order valence-electron chi connectivity index (χ2n) is 4.96. The molecule has 2 aromatic rings. The third-order valence-corrected chi connectivity index (χ3v) is 3.44. The van der Waals surface area contributed by atoms with Crippen LogP contribution in [0.5, 0.6) is 0 Å². The Balaban J connectivity index is 1.57. The minimum absolute atomic E-state index is 0.465. The zero-order valence-electron chi connectivity index (χ0n) is 11.2. The number of nitrogens with zero attached hydrogens (tertiary/aromatic N) is 4. The Morgan fingerprint density at radius 2 is 2.26 bits per heavy atom. The molecule has 1 fully saturated rings. The van der Waals surface area contributed by atoms with Gasteiger partial charge in [0.05, 0.1) is 12.7 Å². The van der Waals surface area contributed by atoms with Crippen LogP contribution >= 0.6 is 0 Å². The van der Waals surface area contributed by atoms with E-state index in [4.69, 9.17) is 4.74 Å². The van der Waals surface area contributed by atoms with E-state index in [1.165, 1.54) is 32.0 Å². The Morgan fingerprint density at radius 1 is 1.42 bits per heavy atom. The molecule has 0 atom stereocenters. The maximum absolute atomic E-state index is 5.83. The van der Waals surface area contributed by atoms with Gasteiger partial charge in [0, 0.05) is 18.3 Å². The molecular formula is C13H19N5O. The summed E-state index contributed by atoms with van der Waals surface area (Å²) in [5, 5.41) is 7.49. The molecular weight excluding hydrogens is 242 g/mol. The summed E-state index contributed by atoms with van der Waals surface area (Å²) >= 11 is 0. The van der Waals surface area contributed by atoms with Crippen LogP contribution < -0.4 is 5.32 Å². The molecule has 1 saturated carbocycles. The number of aromatic nitrogens is 4. The van der Waals surface area contributed by atoms with Gasteiger partial charge in [-0.3, -0.25) is 0 Å². The van der Waals surface area contributed by atoms with Crippen molar-refractivity contribution in [2.45, 2.75) is 38.7 Å². The molecule has 0 saturated heterocycles. The molecule has 102 valence electrons. The Bertz CT molecular complexity index is 547. The fourth-order valence-electron chi connectivity index (χ4n) is 2.52. The quantitative estimate of drug-likeness (QED) is 0.831. The van der Waals surface area contributed by atoms with Gasteiger partial charge in [0.2, 0.25) is 0 Å². The summed E-state index contributed by atoms with van der Waals surface area (Å²) in [6, 6.07) is 1.97. The minimum atomic E-state index is 0.465. The molecule has 0 bridgehead atoms. The summed E-state index contributed by atoms with van der Waals surface area (Å²) in [6.45, 7) is 3.45.